The Kier molecular flexibility index (Phi) is 2.40. The summed E-state index contributed by atoms with van der Waals surface area (Å²) in [5, 5.41) is 3.64. The predicted molar refractivity (Wildman–Crippen MR) is 65.2 cm³/mol. The molecule has 1 saturated heterocycles. The van der Waals surface area contributed by atoms with Gasteiger partial charge in [0.05, 0.1) is 7.11 Å². The molecule has 3 rings (SSSR count). The van der Waals surface area contributed by atoms with Crippen LogP contribution in [0.4, 0.5) is 0 Å². The molecule has 2 nitrogen and oxygen atoms in total. The average molecular weight is 217 g/mol. The quantitative estimate of drug-likeness (QED) is 0.780. The van der Waals surface area contributed by atoms with E-state index in [1.165, 1.54) is 42.5 Å². The Morgan fingerprint density at radius 1 is 1.38 bits per heavy atom. The molecule has 2 aliphatic rings. The minimum Gasteiger partial charge on any atom is -0.496 e. The number of benzene rings is 1. The fraction of sp³-hybridized carbons (Fsp3) is 0.571. The first-order valence-electron chi connectivity index (χ1n) is 6.20. The van der Waals surface area contributed by atoms with Crippen molar-refractivity contribution in [2.45, 2.75) is 38.1 Å². The number of hydrogen-bond donors (Lipinski definition) is 1. The minimum absolute atomic E-state index is 0.676. The maximum atomic E-state index is 5.43. The second-order valence-corrected chi connectivity index (χ2v) is 5.03. The summed E-state index contributed by atoms with van der Waals surface area (Å²) in [7, 11) is 1.76. The topological polar surface area (TPSA) is 21.3 Å². The van der Waals surface area contributed by atoms with E-state index in [4.69, 9.17) is 4.74 Å². The molecule has 0 saturated carbocycles. The number of methoxy groups -OCH3 is 1. The van der Waals surface area contributed by atoms with Crippen molar-refractivity contribution in [1.82, 2.24) is 5.32 Å². The fourth-order valence-electron chi connectivity index (χ4n) is 3.28. The standard InChI is InChI=1S/C14H19NO/c1-9-6-10-7-13-11(4-3-5-15-13)12(10)8-14(9)16-2/h6,8,11,13,15H,3-5,7H2,1-2H3/t11-,13+/m0/s1. The van der Waals surface area contributed by atoms with Crippen molar-refractivity contribution in [2.24, 2.45) is 0 Å². The molecule has 0 unspecified atom stereocenters. The van der Waals surface area contributed by atoms with Crippen molar-refractivity contribution in [3.8, 4) is 5.75 Å². The Bertz CT molecular complexity index is 413. The third-order valence-corrected chi connectivity index (χ3v) is 4.08. The van der Waals surface area contributed by atoms with Crippen LogP contribution in [0.5, 0.6) is 5.75 Å². The number of ether oxygens (including phenoxy) is 1. The fourth-order valence-corrected chi connectivity index (χ4v) is 3.28. The Labute approximate surface area is 97.0 Å². The molecular weight excluding hydrogens is 198 g/mol. The lowest BCUT2D eigenvalue weighted by Crippen LogP contribution is -2.37. The van der Waals surface area contributed by atoms with Gasteiger partial charge in [-0.15, -0.1) is 0 Å². The molecule has 0 aromatic heterocycles. The third-order valence-electron chi connectivity index (χ3n) is 4.08. The van der Waals surface area contributed by atoms with Crippen molar-refractivity contribution < 1.29 is 4.74 Å². The Hall–Kier alpha value is -1.02. The highest BCUT2D eigenvalue weighted by Gasteiger charge is 2.34. The van der Waals surface area contributed by atoms with Crippen LogP contribution in [0.3, 0.4) is 0 Å². The number of hydrogen-bond acceptors (Lipinski definition) is 2. The summed E-state index contributed by atoms with van der Waals surface area (Å²) in [5.74, 6) is 1.77. The zero-order valence-electron chi connectivity index (χ0n) is 10.0. The van der Waals surface area contributed by atoms with E-state index in [1.807, 2.05) is 0 Å². The largest absolute Gasteiger partial charge is 0.496 e. The molecule has 1 aromatic carbocycles. The van der Waals surface area contributed by atoms with E-state index < -0.39 is 0 Å². The van der Waals surface area contributed by atoms with Gasteiger partial charge in [0.15, 0.2) is 0 Å². The number of piperidine rings is 1. The molecule has 16 heavy (non-hydrogen) atoms. The molecule has 2 atom stereocenters. The van der Waals surface area contributed by atoms with Crippen LogP contribution in [-0.4, -0.2) is 19.7 Å². The molecule has 0 spiro atoms. The van der Waals surface area contributed by atoms with Crippen molar-refractivity contribution in [3.05, 3.63) is 28.8 Å². The van der Waals surface area contributed by atoms with Crippen molar-refractivity contribution in [3.63, 3.8) is 0 Å². The summed E-state index contributed by atoms with van der Waals surface area (Å²) < 4.78 is 5.43. The van der Waals surface area contributed by atoms with Gasteiger partial charge in [-0.1, -0.05) is 6.07 Å². The zero-order chi connectivity index (χ0) is 11.1. The van der Waals surface area contributed by atoms with E-state index in [9.17, 15) is 0 Å². The van der Waals surface area contributed by atoms with Crippen LogP contribution in [-0.2, 0) is 6.42 Å². The average Bonchev–Trinajstić information content (AvgIpc) is 2.65. The van der Waals surface area contributed by atoms with E-state index in [0.717, 1.165) is 11.7 Å². The van der Waals surface area contributed by atoms with Gasteiger partial charge in [0, 0.05) is 6.04 Å². The highest BCUT2D eigenvalue weighted by Crippen LogP contribution is 2.41. The molecule has 1 aliphatic heterocycles. The summed E-state index contributed by atoms with van der Waals surface area (Å²) in [4.78, 5) is 0. The lowest BCUT2D eigenvalue weighted by molar-refractivity contribution is 0.371. The Morgan fingerprint density at radius 3 is 3.06 bits per heavy atom. The molecule has 1 aliphatic carbocycles. The van der Waals surface area contributed by atoms with E-state index in [1.54, 1.807) is 7.11 Å². The maximum Gasteiger partial charge on any atom is 0.122 e. The van der Waals surface area contributed by atoms with Gasteiger partial charge in [0.25, 0.3) is 0 Å². The van der Waals surface area contributed by atoms with E-state index in [0.29, 0.717) is 6.04 Å². The smallest absolute Gasteiger partial charge is 0.122 e. The third kappa shape index (κ3) is 1.44. The zero-order valence-corrected chi connectivity index (χ0v) is 10.0. The molecule has 1 fully saturated rings. The van der Waals surface area contributed by atoms with Gasteiger partial charge in [-0.2, -0.15) is 0 Å². The molecule has 86 valence electrons. The summed E-state index contributed by atoms with van der Waals surface area (Å²) in [6.45, 7) is 3.32. The first kappa shape index (κ1) is 10.2. The number of aryl methyl sites for hydroxylation is 1. The molecule has 1 N–H and O–H groups in total. The summed E-state index contributed by atoms with van der Waals surface area (Å²) in [6.07, 6.45) is 3.83. The second kappa shape index (κ2) is 3.77. The van der Waals surface area contributed by atoms with Crippen LogP contribution < -0.4 is 10.1 Å². The molecule has 0 radical (unpaired) electrons. The first-order chi connectivity index (χ1) is 7.79. The minimum atomic E-state index is 0.676. The van der Waals surface area contributed by atoms with E-state index in [2.05, 4.69) is 24.4 Å². The number of fused-ring (bicyclic) bond motifs is 3. The van der Waals surface area contributed by atoms with Gasteiger partial charge >= 0.3 is 0 Å². The van der Waals surface area contributed by atoms with Crippen LogP contribution in [0, 0.1) is 6.92 Å². The van der Waals surface area contributed by atoms with Crippen molar-refractivity contribution in [1.29, 1.82) is 0 Å². The summed E-state index contributed by atoms with van der Waals surface area (Å²) >= 11 is 0. The van der Waals surface area contributed by atoms with Gasteiger partial charge in [0.1, 0.15) is 5.75 Å². The highest BCUT2D eigenvalue weighted by atomic mass is 16.5. The lowest BCUT2D eigenvalue weighted by Gasteiger charge is -2.27. The van der Waals surface area contributed by atoms with Crippen LogP contribution >= 0.6 is 0 Å². The van der Waals surface area contributed by atoms with Gasteiger partial charge < -0.3 is 10.1 Å². The Morgan fingerprint density at radius 2 is 2.25 bits per heavy atom. The number of nitrogens with one attached hydrogen (secondary N) is 1. The van der Waals surface area contributed by atoms with Gasteiger partial charge in [-0.25, -0.2) is 0 Å². The summed E-state index contributed by atoms with van der Waals surface area (Å²) in [5.41, 5.74) is 4.32. The highest BCUT2D eigenvalue weighted by molar-refractivity contribution is 5.47. The number of rotatable bonds is 1. The van der Waals surface area contributed by atoms with E-state index in [-0.39, 0.29) is 0 Å². The normalized spacial score (nSPS) is 27.4. The first-order valence-corrected chi connectivity index (χ1v) is 6.20. The van der Waals surface area contributed by atoms with Crippen LogP contribution in [0.1, 0.15) is 35.4 Å². The van der Waals surface area contributed by atoms with Crippen molar-refractivity contribution in [2.75, 3.05) is 13.7 Å². The summed E-state index contributed by atoms with van der Waals surface area (Å²) in [6, 6.07) is 5.26. The monoisotopic (exact) mass is 217 g/mol. The second-order valence-electron chi connectivity index (χ2n) is 5.03. The van der Waals surface area contributed by atoms with Gasteiger partial charge in [-0.3, -0.25) is 0 Å². The lowest BCUT2D eigenvalue weighted by atomic mass is 9.90. The van der Waals surface area contributed by atoms with Gasteiger partial charge in [-0.05, 0) is 61.4 Å². The molecule has 1 aromatic rings. The Balaban J connectivity index is 2.02. The van der Waals surface area contributed by atoms with Crippen LogP contribution in [0.25, 0.3) is 0 Å². The van der Waals surface area contributed by atoms with Crippen molar-refractivity contribution >= 4 is 0 Å². The van der Waals surface area contributed by atoms with Gasteiger partial charge in [0.2, 0.25) is 0 Å². The van der Waals surface area contributed by atoms with Crippen LogP contribution in [0.2, 0.25) is 0 Å². The predicted octanol–water partition coefficient (Wildman–Crippen LogP) is 2.40. The van der Waals surface area contributed by atoms with E-state index >= 15 is 0 Å². The molecule has 0 amide bonds. The molecular formula is C14H19NO. The molecule has 2 heteroatoms. The molecule has 0 bridgehead atoms. The maximum absolute atomic E-state index is 5.43. The van der Waals surface area contributed by atoms with Crippen LogP contribution in [0.15, 0.2) is 12.1 Å². The SMILES string of the molecule is COc1cc2c(cc1C)C[C@H]1NCCC[C@@H]21. The molecule has 1 heterocycles.